The van der Waals surface area contributed by atoms with Crippen LogP contribution in [0.25, 0.3) is 0 Å². The quantitative estimate of drug-likeness (QED) is 0.737. The molecular weight excluding hydrogens is 256 g/mol. The molecule has 1 atom stereocenters. The number of likely N-dealkylation sites (N-methyl/N-ethyl adjacent to an activating group) is 1. The summed E-state index contributed by atoms with van der Waals surface area (Å²) in [6.07, 6.45) is 0.929. The smallest absolute Gasteiger partial charge is 0.236 e. The third-order valence-corrected chi connectivity index (χ3v) is 3.69. The molecule has 0 aliphatic carbocycles. The van der Waals surface area contributed by atoms with Crippen LogP contribution in [-0.4, -0.2) is 86.9 Å². The van der Waals surface area contributed by atoms with Crippen molar-refractivity contribution >= 4 is 11.8 Å². The second-order valence-corrected chi connectivity index (χ2v) is 5.70. The van der Waals surface area contributed by atoms with Crippen molar-refractivity contribution in [2.24, 2.45) is 5.92 Å². The minimum Gasteiger partial charge on any atom is -0.348 e. The molecule has 0 saturated carbocycles. The van der Waals surface area contributed by atoms with Gasteiger partial charge in [0.2, 0.25) is 11.8 Å². The summed E-state index contributed by atoms with van der Waals surface area (Å²) >= 11 is 0. The first-order chi connectivity index (χ1) is 9.45. The van der Waals surface area contributed by atoms with E-state index in [9.17, 15) is 9.59 Å². The van der Waals surface area contributed by atoms with E-state index >= 15 is 0 Å². The van der Waals surface area contributed by atoms with Crippen LogP contribution in [0.4, 0.5) is 0 Å². The van der Waals surface area contributed by atoms with Gasteiger partial charge < -0.3 is 15.1 Å². The molecule has 0 aromatic rings. The van der Waals surface area contributed by atoms with Gasteiger partial charge in [-0.15, -0.1) is 0 Å². The molecule has 1 saturated heterocycles. The maximum Gasteiger partial charge on any atom is 0.236 e. The molecule has 6 heteroatoms. The Bertz CT molecular complexity index is 333. The molecule has 0 spiro atoms. The Kier molecular flexibility index (Phi) is 6.95. The maximum atomic E-state index is 12.3. The third-order valence-electron chi connectivity index (χ3n) is 3.69. The molecule has 1 unspecified atom stereocenters. The van der Waals surface area contributed by atoms with E-state index in [1.807, 2.05) is 18.9 Å². The van der Waals surface area contributed by atoms with E-state index < -0.39 is 0 Å². The molecule has 1 aliphatic rings. The molecule has 0 aromatic heterocycles. The van der Waals surface area contributed by atoms with Gasteiger partial charge in [0.15, 0.2) is 0 Å². The van der Waals surface area contributed by atoms with Crippen molar-refractivity contribution in [1.82, 2.24) is 20.0 Å². The first kappa shape index (κ1) is 16.9. The van der Waals surface area contributed by atoms with Gasteiger partial charge in [-0.3, -0.25) is 14.5 Å². The lowest BCUT2D eigenvalue weighted by atomic mass is 10.1. The Balaban J connectivity index is 2.46. The highest BCUT2D eigenvalue weighted by molar-refractivity contribution is 5.79. The molecule has 0 bridgehead atoms. The van der Waals surface area contributed by atoms with E-state index in [0.717, 1.165) is 26.1 Å². The van der Waals surface area contributed by atoms with Crippen molar-refractivity contribution in [2.75, 3.05) is 60.4 Å². The lowest BCUT2D eigenvalue weighted by Crippen LogP contribution is -2.42. The molecule has 0 radical (unpaired) electrons. The Morgan fingerprint density at radius 3 is 2.50 bits per heavy atom. The average molecular weight is 284 g/mol. The van der Waals surface area contributed by atoms with Crippen LogP contribution >= 0.6 is 0 Å². The van der Waals surface area contributed by atoms with E-state index in [-0.39, 0.29) is 17.7 Å². The Morgan fingerprint density at radius 1 is 1.20 bits per heavy atom. The third kappa shape index (κ3) is 5.09. The van der Waals surface area contributed by atoms with E-state index in [4.69, 9.17) is 0 Å². The summed E-state index contributed by atoms with van der Waals surface area (Å²) in [6, 6.07) is 0. The highest BCUT2D eigenvalue weighted by atomic mass is 16.2. The van der Waals surface area contributed by atoms with Crippen molar-refractivity contribution in [3.8, 4) is 0 Å². The minimum atomic E-state index is 0.00922. The van der Waals surface area contributed by atoms with Gasteiger partial charge in [0, 0.05) is 52.7 Å². The summed E-state index contributed by atoms with van der Waals surface area (Å²) in [5.41, 5.74) is 0. The minimum absolute atomic E-state index is 0.00922. The number of carbonyl (C=O) groups excluding carboxylic acids is 2. The molecule has 1 rings (SSSR count). The predicted octanol–water partition coefficient (Wildman–Crippen LogP) is -0.536. The van der Waals surface area contributed by atoms with Gasteiger partial charge in [0.25, 0.3) is 0 Å². The van der Waals surface area contributed by atoms with Crippen LogP contribution in [0.1, 0.15) is 13.3 Å². The number of nitrogens with one attached hydrogen (secondary N) is 1. The van der Waals surface area contributed by atoms with Gasteiger partial charge in [-0.1, -0.05) is 6.92 Å². The normalized spacial score (nSPS) is 18.5. The van der Waals surface area contributed by atoms with Gasteiger partial charge >= 0.3 is 0 Å². The molecule has 1 N–H and O–H groups in total. The molecule has 2 amide bonds. The van der Waals surface area contributed by atoms with Crippen molar-refractivity contribution in [3.05, 3.63) is 0 Å². The van der Waals surface area contributed by atoms with Crippen LogP contribution in [0.3, 0.4) is 0 Å². The highest BCUT2D eigenvalue weighted by Gasteiger charge is 2.23. The summed E-state index contributed by atoms with van der Waals surface area (Å²) in [6.45, 7) is 6.27. The second kappa shape index (κ2) is 8.21. The van der Waals surface area contributed by atoms with Gasteiger partial charge in [0.1, 0.15) is 0 Å². The molecule has 116 valence electrons. The van der Waals surface area contributed by atoms with E-state index in [1.165, 1.54) is 0 Å². The van der Waals surface area contributed by atoms with E-state index in [0.29, 0.717) is 19.6 Å². The maximum absolute atomic E-state index is 12.3. The average Bonchev–Trinajstić information content (AvgIpc) is 2.63. The predicted molar refractivity (Wildman–Crippen MR) is 79.4 cm³/mol. The fourth-order valence-corrected chi connectivity index (χ4v) is 2.39. The van der Waals surface area contributed by atoms with E-state index in [2.05, 4.69) is 10.2 Å². The van der Waals surface area contributed by atoms with Gasteiger partial charge in [0.05, 0.1) is 6.54 Å². The number of carbonyl (C=O) groups is 2. The zero-order chi connectivity index (χ0) is 15.1. The number of amides is 2. The van der Waals surface area contributed by atoms with Gasteiger partial charge in [-0.25, -0.2) is 0 Å². The van der Waals surface area contributed by atoms with Crippen LogP contribution in [0.15, 0.2) is 0 Å². The first-order valence-electron chi connectivity index (χ1n) is 7.31. The lowest BCUT2D eigenvalue weighted by Gasteiger charge is -2.25. The van der Waals surface area contributed by atoms with Gasteiger partial charge in [-0.2, -0.15) is 0 Å². The van der Waals surface area contributed by atoms with Crippen LogP contribution < -0.4 is 5.32 Å². The van der Waals surface area contributed by atoms with Crippen LogP contribution in [0.5, 0.6) is 0 Å². The Morgan fingerprint density at radius 2 is 1.90 bits per heavy atom. The monoisotopic (exact) mass is 284 g/mol. The van der Waals surface area contributed by atoms with Crippen LogP contribution in [0, 0.1) is 5.92 Å². The molecule has 1 heterocycles. The van der Waals surface area contributed by atoms with Crippen LogP contribution in [-0.2, 0) is 9.59 Å². The lowest BCUT2D eigenvalue weighted by molar-refractivity contribution is -0.134. The fraction of sp³-hybridized carbons (Fsp3) is 0.857. The zero-order valence-corrected chi connectivity index (χ0v) is 13.2. The first-order valence-corrected chi connectivity index (χ1v) is 7.31. The van der Waals surface area contributed by atoms with Gasteiger partial charge in [-0.05, 0) is 13.5 Å². The molecule has 1 aliphatic heterocycles. The second-order valence-electron chi connectivity index (χ2n) is 5.70. The summed E-state index contributed by atoms with van der Waals surface area (Å²) in [5.74, 6) is 0.337. The largest absolute Gasteiger partial charge is 0.348 e. The van der Waals surface area contributed by atoms with E-state index in [1.54, 1.807) is 19.0 Å². The SMILES string of the molecule is CNCC(C)C(=O)N1CCCN(CC(=O)N(C)C)CC1. The highest BCUT2D eigenvalue weighted by Crippen LogP contribution is 2.08. The van der Waals surface area contributed by atoms with Crippen LogP contribution in [0.2, 0.25) is 0 Å². The molecule has 6 nitrogen and oxygen atoms in total. The molecule has 20 heavy (non-hydrogen) atoms. The molecule has 0 aromatic carbocycles. The number of hydrogen-bond donors (Lipinski definition) is 1. The Hall–Kier alpha value is -1.14. The number of hydrogen-bond acceptors (Lipinski definition) is 4. The fourth-order valence-electron chi connectivity index (χ4n) is 2.39. The molecule has 1 fully saturated rings. The summed E-state index contributed by atoms with van der Waals surface area (Å²) in [5, 5.41) is 3.04. The topological polar surface area (TPSA) is 55.9 Å². The zero-order valence-electron chi connectivity index (χ0n) is 13.2. The standard InChI is InChI=1S/C14H28N4O2/c1-12(10-15-2)14(20)18-7-5-6-17(8-9-18)11-13(19)16(3)4/h12,15H,5-11H2,1-4H3. The number of rotatable bonds is 5. The number of nitrogens with zero attached hydrogens (tertiary/aromatic N) is 3. The van der Waals surface area contributed by atoms with Crippen molar-refractivity contribution in [2.45, 2.75) is 13.3 Å². The molecular formula is C14H28N4O2. The van der Waals surface area contributed by atoms with Crippen molar-refractivity contribution in [3.63, 3.8) is 0 Å². The van der Waals surface area contributed by atoms with Crippen molar-refractivity contribution in [1.29, 1.82) is 0 Å². The summed E-state index contributed by atoms with van der Waals surface area (Å²) < 4.78 is 0. The van der Waals surface area contributed by atoms with Crippen molar-refractivity contribution < 1.29 is 9.59 Å². The summed E-state index contributed by atoms with van der Waals surface area (Å²) in [4.78, 5) is 29.7. The summed E-state index contributed by atoms with van der Waals surface area (Å²) in [7, 11) is 5.41. The Labute approximate surface area is 122 Å².